The number of likely N-dealkylation sites (N-methyl/N-ethyl adjacent to an activating group) is 1. The first-order valence-corrected chi connectivity index (χ1v) is 9.48. The van der Waals surface area contributed by atoms with Gasteiger partial charge in [0.2, 0.25) is 0 Å². The molecule has 1 saturated heterocycles. The van der Waals surface area contributed by atoms with Gasteiger partial charge in [-0.1, -0.05) is 60.7 Å². The largest absolute Gasteiger partial charge is 0.465 e. The van der Waals surface area contributed by atoms with E-state index in [4.69, 9.17) is 4.74 Å². The molecule has 3 rings (SSSR count). The number of amides is 2. The van der Waals surface area contributed by atoms with Gasteiger partial charge in [0.15, 0.2) is 5.78 Å². The number of likely N-dealkylation sites (tertiary alicyclic amines) is 1. The topological polar surface area (TPSA) is 87.2 Å². The van der Waals surface area contributed by atoms with E-state index >= 15 is 0 Å². The molecule has 0 saturated carbocycles. The van der Waals surface area contributed by atoms with Crippen molar-refractivity contribution >= 4 is 18.0 Å². The first kappa shape index (κ1) is 20.4. The first-order chi connectivity index (χ1) is 14.0. The van der Waals surface area contributed by atoms with E-state index < -0.39 is 24.3 Å². The van der Waals surface area contributed by atoms with E-state index in [1.54, 1.807) is 0 Å². The summed E-state index contributed by atoms with van der Waals surface area (Å²) < 4.78 is 5.37. The molecule has 0 aromatic heterocycles. The van der Waals surface area contributed by atoms with E-state index in [1.807, 2.05) is 60.7 Å². The maximum atomic E-state index is 13.1. The van der Waals surface area contributed by atoms with Crippen LogP contribution in [0.25, 0.3) is 0 Å². The lowest BCUT2D eigenvalue weighted by molar-refractivity contribution is -0.132. The van der Waals surface area contributed by atoms with Gasteiger partial charge < -0.3 is 14.7 Å². The molecule has 1 N–H and O–H groups in total. The maximum absolute atomic E-state index is 13.1. The number of carboxylic acid groups (broad SMARTS) is 1. The molecule has 0 spiro atoms. The van der Waals surface area contributed by atoms with Gasteiger partial charge in [-0.2, -0.15) is 0 Å². The Labute approximate surface area is 169 Å². The highest BCUT2D eigenvalue weighted by Gasteiger charge is 2.42. The highest BCUT2D eigenvalue weighted by molar-refractivity contribution is 5.94. The van der Waals surface area contributed by atoms with Gasteiger partial charge in [-0.05, 0) is 17.5 Å². The Balaban J connectivity index is 1.73. The number of nitrogens with zero attached hydrogens (tertiary/aromatic N) is 2. The maximum Gasteiger partial charge on any atom is 0.410 e. The summed E-state index contributed by atoms with van der Waals surface area (Å²) in [7, 11) is 1.52. The van der Waals surface area contributed by atoms with Crippen molar-refractivity contribution in [1.82, 2.24) is 9.80 Å². The number of ketones is 1. The highest BCUT2D eigenvalue weighted by Crippen LogP contribution is 2.23. The molecule has 29 heavy (non-hydrogen) atoms. The van der Waals surface area contributed by atoms with Crippen molar-refractivity contribution < 1.29 is 24.2 Å². The zero-order chi connectivity index (χ0) is 20.8. The molecule has 1 fully saturated rings. The van der Waals surface area contributed by atoms with Crippen LogP contribution in [0.1, 0.15) is 17.5 Å². The summed E-state index contributed by atoms with van der Waals surface area (Å²) >= 11 is 0. The predicted octanol–water partition coefficient (Wildman–Crippen LogP) is 3.19. The fourth-order valence-corrected chi connectivity index (χ4v) is 3.35. The summed E-state index contributed by atoms with van der Waals surface area (Å²) in [6, 6.07) is 17.1. The van der Waals surface area contributed by atoms with E-state index in [9.17, 15) is 19.5 Å². The van der Waals surface area contributed by atoms with E-state index in [1.165, 1.54) is 11.9 Å². The third-order valence-electron chi connectivity index (χ3n) is 5.15. The fourth-order valence-electron chi connectivity index (χ4n) is 3.35. The van der Waals surface area contributed by atoms with Crippen LogP contribution in [-0.4, -0.2) is 58.6 Å². The zero-order valence-corrected chi connectivity index (χ0v) is 16.2. The second-order valence-electron chi connectivity index (χ2n) is 7.04. The minimum absolute atomic E-state index is 0.0982. The van der Waals surface area contributed by atoms with Gasteiger partial charge >= 0.3 is 12.2 Å². The lowest BCUT2D eigenvalue weighted by atomic mass is 9.90. The van der Waals surface area contributed by atoms with Crippen molar-refractivity contribution in [2.45, 2.75) is 31.5 Å². The van der Waals surface area contributed by atoms with Crippen molar-refractivity contribution in [2.24, 2.45) is 0 Å². The van der Waals surface area contributed by atoms with Crippen LogP contribution in [0.2, 0.25) is 0 Å². The smallest absolute Gasteiger partial charge is 0.410 e. The zero-order valence-electron chi connectivity index (χ0n) is 16.2. The lowest BCUT2D eigenvalue weighted by Crippen LogP contribution is -2.60. The number of ether oxygens (including phenoxy) is 1. The number of carbonyl (C=O) groups excluding carboxylic acids is 2. The van der Waals surface area contributed by atoms with Crippen molar-refractivity contribution in [2.75, 3.05) is 13.6 Å². The number of hydrogen-bond acceptors (Lipinski definition) is 4. The number of benzene rings is 2. The van der Waals surface area contributed by atoms with Crippen molar-refractivity contribution in [3.63, 3.8) is 0 Å². The Hall–Kier alpha value is -3.35. The minimum atomic E-state index is -1.12. The van der Waals surface area contributed by atoms with Gasteiger partial charge in [-0.25, -0.2) is 9.59 Å². The van der Waals surface area contributed by atoms with Crippen molar-refractivity contribution in [3.05, 3.63) is 71.8 Å². The van der Waals surface area contributed by atoms with Gasteiger partial charge in [0.05, 0.1) is 12.1 Å². The summed E-state index contributed by atoms with van der Waals surface area (Å²) in [6.45, 7) is 0.424. The van der Waals surface area contributed by atoms with Gasteiger partial charge in [0.1, 0.15) is 6.61 Å². The molecule has 0 aliphatic carbocycles. The predicted molar refractivity (Wildman–Crippen MR) is 106 cm³/mol. The van der Waals surface area contributed by atoms with Crippen LogP contribution in [0, 0.1) is 0 Å². The van der Waals surface area contributed by atoms with Crippen LogP contribution in [-0.2, 0) is 22.6 Å². The molecule has 7 nitrogen and oxygen atoms in total. The molecule has 152 valence electrons. The molecule has 1 heterocycles. The van der Waals surface area contributed by atoms with E-state index in [0.717, 1.165) is 16.0 Å². The summed E-state index contributed by atoms with van der Waals surface area (Å²) in [6.07, 6.45) is -0.990. The Morgan fingerprint density at radius 2 is 1.66 bits per heavy atom. The van der Waals surface area contributed by atoms with E-state index in [2.05, 4.69) is 0 Å². The molecular formula is C22H24N2O5. The Bertz CT molecular complexity index is 856. The molecule has 2 amide bonds. The molecule has 7 heteroatoms. The quantitative estimate of drug-likeness (QED) is 0.777. The molecule has 1 aliphatic rings. The summed E-state index contributed by atoms with van der Waals surface area (Å²) in [4.78, 5) is 39.4. The van der Waals surface area contributed by atoms with Crippen LogP contribution in [0.4, 0.5) is 9.59 Å². The summed E-state index contributed by atoms with van der Waals surface area (Å²) in [5, 5.41) is 9.25. The summed E-state index contributed by atoms with van der Waals surface area (Å²) in [5.74, 6) is -0.290. The number of hydrogen-bond donors (Lipinski definition) is 1. The number of carbonyl (C=O) groups is 3. The molecular weight excluding hydrogens is 372 g/mol. The van der Waals surface area contributed by atoms with E-state index in [0.29, 0.717) is 19.4 Å². The average Bonchev–Trinajstić information content (AvgIpc) is 2.70. The summed E-state index contributed by atoms with van der Waals surface area (Å²) in [5.41, 5.74) is 1.73. The lowest BCUT2D eigenvalue weighted by Gasteiger charge is -2.40. The molecule has 2 aromatic rings. The highest BCUT2D eigenvalue weighted by atomic mass is 16.6. The van der Waals surface area contributed by atoms with Gasteiger partial charge in [-0.3, -0.25) is 9.69 Å². The molecule has 1 unspecified atom stereocenters. The molecule has 0 radical (unpaired) electrons. The Morgan fingerprint density at radius 3 is 2.17 bits per heavy atom. The SMILES string of the molecule is CN(C(=O)OCc1ccccc1)[C@H](Cc1ccccc1)C(=O)C1CCN1C(=O)O. The molecule has 2 aromatic carbocycles. The van der Waals surface area contributed by atoms with E-state index in [-0.39, 0.29) is 12.4 Å². The number of rotatable bonds is 7. The monoisotopic (exact) mass is 396 g/mol. The molecule has 2 atom stereocenters. The van der Waals surface area contributed by atoms with Gasteiger partial charge in [0.25, 0.3) is 0 Å². The second kappa shape index (κ2) is 9.23. The standard InChI is InChI=1S/C22H24N2O5/c1-23(22(28)29-15-17-10-6-3-7-11-17)19(14-16-8-4-2-5-9-16)20(25)18-12-13-24(18)21(26)27/h2-11,18-19H,12-15H2,1H3,(H,26,27)/t18?,19-/m1/s1. The van der Waals surface area contributed by atoms with Crippen LogP contribution in [0.5, 0.6) is 0 Å². The first-order valence-electron chi connectivity index (χ1n) is 9.48. The van der Waals surface area contributed by atoms with Crippen molar-refractivity contribution in [1.29, 1.82) is 0 Å². The Kier molecular flexibility index (Phi) is 6.49. The van der Waals surface area contributed by atoms with Crippen LogP contribution in [0.15, 0.2) is 60.7 Å². The third-order valence-corrected chi connectivity index (χ3v) is 5.15. The van der Waals surface area contributed by atoms with Gasteiger partial charge in [0, 0.05) is 20.0 Å². The Morgan fingerprint density at radius 1 is 1.07 bits per heavy atom. The van der Waals surface area contributed by atoms with Crippen LogP contribution >= 0.6 is 0 Å². The molecule has 1 aliphatic heterocycles. The second-order valence-corrected chi connectivity index (χ2v) is 7.04. The van der Waals surface area contributed by atoms with Crippen LogP contribution in [0.3, 0.4) is 0 Å². The fraction of sp³-hybridized carbons (Fsp3) is 0.318. The normalized spacial score (nSPS) is 16.4. The molecule has 0 bridgehead atoms. The average molecular weight is 396 g/mol. The minimum Gasteiger partial charge on any atom is -0.465 e. The number of Topliss-reactive ketones (excluding diaryl/α,β-unsaturated/α-hetero) is 1. The van der Waals surface area contributed by atoms with Crippen LogP contribution < -0.4 is 0 Å². The third kappa shape index (κ3) is 4.93. The van der Waals surface area contributed by atoms with Crippen molar-refractivity contribution in [3.8, 4) is 0 Å². The van der Waals surface area contributed by atoms with Gasteiger partial charge in [-0.15, -0.1) is 0 Å².